The molecule has 0 amide bonds. The molecule has 0 bridgehead atoms. The van der Waals surface area contributed by atoms with E-state index in [9.17, 15) is 31.9 Å². The summed E-state index contributed by atoms with van der Waals surface area (Å²) in [7, 11) is -8.05. The number of aliphatic hydroxyl groups excluding tert-OH is 1. The lowest BCUT2D eigenvalue weighted by Crippen LogP contribution is -2.55. The van der Waals surface area contributed by atoms with E-state index < -0.39 is 40.0 Å². The third-order valence-electron chi connectivity index (χ3n) is 11.3. The summed E-state index contributed by atoms with van der Waals surface area (Å²) in [5.74, 6) is -0.164. The predicted molar refractivity (Wildman–Crippen MR) is 244 cm³/mol. The maximum Gasteiger partial charge on any atom is 0.434 e. The van der Waals surface area contributed by atoms with Crippen LogP contribution in [0, 0.1) is 0 Å². The maximum absolute atomic E-state index is 14.5. The highest BCUT2D eigenvalue weighted by Gasteiger charge is 2.41. The minimum Gasteiger partial charge on any atom is -0.506 e. The number of ketones is 1. The van der Waals surface area contributed by atoms with Crippen LogP contribution in [0.2, 0.25) is 0 Å². The van der Waals surface area contributed by atoms with Crippen molar-refractivity contribution >= 4 is 101 Å². The second-order valence-corrected chi connectivity index (χ2v) is 18.7. The first-order valence-electron chi connectivity index (χ1n) is 20.3. The van der Waals surface area contributed by atoms with E-state index in [0.29, 0.717) is 62.7 Å². The Labute approximate surface area is 363 Å². The lowest BCUT2D eigenvalue weighted by atomic mass is 9.64. The molecule has 63 heavy (non-hydrogen) atoms. The normalized spacial score (nSPS) is 15.5. The smallest absolute Gasteiger partial charge is 0.434 e. The summed E-state index contributed by atoms with van der Waals surface area (Å²) >= 11 is 0. The number of nitrogens with one attached hydrogen (secondary N) is 2. The van der Waals surface area contributed by atoms with E-state index in [2.05, 4.69) is 10.5 Å². The van der Waals surface area contributed by atoms with Gasteiger partial charge in [-0.1, -0.05) is 72.8 Å². The number of carbonyl (C=O) groups excluding carboxylic acids is 1. The van der Waals surface area contributed by atoms with E-state index in [1.165, 1.54) is 0 Å². The van der Waals surface area contributed by atoms with Gasteiger partial charge in [-0.2, -0.15) is 16.8 Å². The van der Waals surface area contributed by atoms with E-state index in [1.807, 2.05) is 60.7 Å². The van der Waals surface area contributed by atoms with Crippen molar-refractivity contribution in [1.29, 1.82) is 0 Å². The fraction of sp³-hybridized carbons (Fsp3) is 0.182. The SMILES string of the molecule is O=C1C(c2ccc3cccc4c3c2N(O)B(c2ccc(OCCCCS(=O)(=O)O)cc2)N4)=C(O)C1=c1ccc2cccc3c2c1=NB(c1ccc(OCCCCS(=O)(=O)O)cc1)N3. The van der Waals surface area contributed by atoms with Crippen molar-refractivity contribution in [2.24, 2.45) is 4.90 Å². The Morgan fingerprint density at radius 1 is 0.635 bits per heavy atom. The number of unbranched alkanes of at least 4 members (excludes halogenated alkanes) is 2. The highest BCUT2D eigenvalue weighted by Crippen LogP contribution is 2.46. The van der Waals surface area contributed by atoms with Gasteiger partial charge >= 0.3 is 14.0 Å². The second-order valence-electron chi connectivity index (χ2n) is 15.5. The monoisotopic (exact) mass is 886 g/mol. The average molecular weight is 887 g/mol. The summed E-state index contributed by atoms with van der Waals surface area (Å²) in [5, 5.41) is 35.0. The molecule has 3 aliphatic rings. The average Bonchev–Trinajstić information content (AvgIpc) is 3.25. The van der Waals surface area contributed by atoms with Crippen LogP contribution < -0.4 is 46.4 Å². The largest absolute Gasteiger partial charge is 0.506 e. The van der Waals surface area contributed by atoms with Crippen molar-refractivity contribution in [2.45, 2.75) is 25.7 Å². The van der Waals surface area contributed by atoms with E-state index in [1.54, 1.807) is 48.5 Å². The number of carbonyl (C=O) groups is 1. The molecule has 2 aliphatic heterocycles. The highest BCUT2D eigenvalue weighted by atomic mass is 32.2. The van der Waals surface area contributed by atoms with Crippen molar-refractivity contribution in [2.75, 3.05) is 40.1 Å². The molecule has 0 spiro atoms. The second kappa shape index (κ2) is 16.7. The van der Waals surface area contributed by atoms with Gasteiger partial charge in [0.25, 0.3) is 20.2 Å². The number of ether oxygens (including phenoxy) is 2. The molecule has 6 aromatic carbocycles. The molecule has 0 fully saturated rings. The quantitative estimate of drug-likeness (QED) is 0.0482. The molecule has 0 atom stereocenters. The standard InChI is InChI=1S/C44H40B2N4O11S2/c51-43-39(33-21-11-27-7-5-9-35-37(27)41(33)49-45(47-35)29-13-17-31(18-14-29)60-23-1-3-25-62(54,55)56)44(52)40(43)34-22-12-28-8-6-10-36-38(28)42(34)50(53)46(48-36)30-15-19-32(20-16-30)61-24-2-4-26-63(57,58)59/h5-22,47-48,51,53H,1-4,23-26H2,(H,54,55,56)(H,57,58,59). The van der Waals surface area contributed by atoms with Crippen LogP contribution >= 0.6 is 0 Å². The lowest BCUT2D eigenvalue weighted by Gasteiger charge is -2.35. The van der Waals surface area contributed by atoms with Crippen LogP contribution in [0.15, 0.2) is 120 Å². The number of anilines is 3. The van der Waals surface area contributed by atoms with Crippen molar-refractivity contribution in [1.82, 2.24) is 0 Å². The first-order chi connectivity index (χ1) is 30.2. The van der Waals surface area contributed by atoms with Crippen LogP contribution in [0.5, 0.6) is 11.5 Å². The first kappa shape index (κ1) is 42.0. The minimum absolute atomic E-state index is 0.0637. The predicted octanol–water partition coefficient (Wildman–Crippen LogP) is 4.25. The minimum atomic E-state index is -4.03. The zero-order valence-electron chi connectivity index (χ0n) is 33.6. The zero-order chi connectivity index (χ0) is 44.0. The zero-order valence-corrected chi connectivity index (χ0v) is 35.2. The third kappa shape index (κ3) is 8.45. The molecule has 2 heterocycles. The molecule has 19 heteroatoms. The van der Waals surface area contributed by atoms with Crippen molar-refractivity contribution in [3.63, 3.8) is 0 Å². The Kier molecular flexibility index (Phi) is 11.1. The van der Waals surface area contributed by atoms with Crippen LogP contribution in [0.1, 0.15) is 31.2 Å². The van der Waals surface area contributed by atoms with Crippen LogP contribution in [0.3, 0.4) is 0 Å². The van der Waals surface area contributed by atoms with Crippen molar-refractivity contribution in [3.8, 4) is 11.5 Å². The van der Waals surface area contributed by atoms with Gasteiger partial charge in [-0.15, -0.1) is 0 Å². The van der Waals surface area contributed by atoms with Gasteiger partial charge in [0.1, 0.15) is 17.3 Å². The molecule has 6 N–H and O–H groups in total. The molecule has 9 rings (SSSR count). The molecular weight excluding hydrogens is 846 g/mol. The van der Waals surface area contributed by atoms with Crippen LogP contribution in [-0.4, -0.2) is 80.7 Å². The summed E-state index contributed by atoms with van der Waals surface area (Å²) in [5.41, 5.74) is 3.88. The molecule has 0 saturated heterocycles. The fourth-order valence-corrected chi connectivity index (χ4v) is 9.45. The Morgan fingerprint density at radius 2 is 1.19 bits per heavy atom. The number of rotatable bonds is 15. The summed E-state index contributed by atoms with van der Waals surface area (Å²) in [6, 6.07) is 33.1. The third-order valence-corrected chi connectivity index (χ3v) is 13.0. The highest BCUT2D eigenvalue weighted by molar-refractivity contribution is 7.86. The molecule has 320 valence electrons. The summed E-state index contributed by atoms with van der Waals surface area (Å²) < 4.78 is 73.5. The number of allylic oxidation sites excluding steroid dienone is 2. The van der Waals surface area contributed by atoms with E-state index >= 15 is 0 Å². The Bertz CT molecular complexity index is 3210. The van der Waals surface area contributed by atoms with Crippen LogP contribution in [-0.2, 0) is 25.0 Å². The molecule has 6 aromatic rings. The Morgan fingerprint density at radius 3 is 1.78 bits per heavy atom. The maximum atomic E-state index is 14.5. The molecular formula is C44H40B2N4O11S2. The van der Waals surface area contributed by atoms with E-state index in [4.69, 9.17) is 23.5 Å². The first-order valence-corrected chi connectivity index (χ1v) is 23.5. The molecule has 1 aliphatic carbocycles. The van der Waals surface area contributed by atoms with Gasteiger partial charge in [-0.25, -0.2) is 0 Å². The van der Waals surface area contributed by atoms with Crippen LogP contribution in [0.25, 0.3) is 32.7 Å². The molecule has 0 unspecified atom stereocenters. The molecule has 0 saturated carbocycles. The molecule has 0 radical (unpaired) electrons. The number of aliphatic hydroxyl groups is 1. The van der Waals surface area contributed by atoms with Gasteiger partial charge in [0, 0.05) is 32.9 Å². The van der Waals surface area contributed by atoms with Crippen LogP contribution in [0.4, 0.5) is 17.1 Å². The van der Waals surface area contributed by atoms with E-state index in [-0.39, 0.29) is 54.5 Å². The summed E-state index contributed by atoms with van der Waals surface area (Å²) in [6.45, 7) is -0.818. The Hall–Kier alpha value is -6.37. The topological polar surface area (TPSA) is 224 Å². The fourth-order valence-electron chi connectivity index (χ4n) is 8.31. The van der Waals surface area contributed by atoms with Gasteiger partial charge in [0.15, 0.2) is 0 Å². The lowest BCUT2D eigenvalue weighted by molar-refractivity contribution is -0.109. The van der Waals surface area contributed by atoms with Gasteiger partial charge in [-0.3, -0.25) is 24.1 Å². The van der Waals surface area contributed by atoms with Gasteiger partial charge in [0.2, 0.25) is 5.78 Å². The number of hydrogen-bond acceptors (Lipinski definition) is 13. The van der Waals surface area contributed by atoms with E-state index in [0.717, 1.165) is 32.3 Å². The van der Waals surface area contributed by atoms with Gasteiger partial charge < -0.3 is 29.9 Å². The number of nitrogens with zero attached hydrogens (tertiary/aromatic N) is 2. The summed E-state index contributed by atoms with van der Waals surface area (Å²) in [6.07, 6.45) is 1.40. The number of Topliss-reactive ketones (excluding diaryl/α,β-unsaturated/α-hetero) is 1. The Balaban J connectivity index is 1.03. The van der Waals surface area contributed by atoms with Crippen molar-refractivity contribution in [3.05, 3.63) is 131 Å². The van der Waals surface area contributed by atoms with Gasteiger partial charge in [0.05, 0.1) is 46.9 Å². The van der Waals surface area contributed by atoms with Crippen molar-refractivity contribution < 1.29 is 50.5 Å². The summed E-state index contributed by atoms with van der Waals surface area (Å²) in [4.78, 5) is 20.7. The molecule has 15 nitrogen and oxygen atoms in total. The van der Waals surface area contributed by atoms with Gasteiger partial charge in [-0.05, 0) is 83.8 Å². The molecule has 0 aromatic heterocycles. The number of hydrogen-bond donors (Lipinski definition) is 6. The number of benzene rings is 6.